The Balaban J connectivity index is 2.04. The number of amides is 3. The van der Waals surface area contributed by atoms with Crippen molar-refractivity contribution in [3.05, 3.63) is 29.8 Å². The van der Waals surface area contributed by atoms with Crippen LogP contribution in [0.3, 0.4) is 0 Å². The summed E-state index contributed by atoms with van der Waals surface area (Å²) in [5.74, 6) is 0.147. The third kappa shape index (κ3) is 4.06. The zero-order chi connectivity index (χ0) is 15.4. The average molecular weight is 305 g/mol. The normalized spacial score (nSPS) is 11.9. The monoisotopic (exact) mass is 305 g/mol. The van der Waals surface area contributed by atoms with Crippen LogP contribution in [-0.4, -0.2) is 32.4 Å². The molecule has 4 N–H and O–H groups in total. The van der Waals surface area contributed by atoms with Crippen molar-refractivity contribution in [1.29, 1.82) is 0 Å². The fourth-order valence-corrected chi connectivity index (χ4v) is 2.30. The summed E-state index contributed by atoms with van der Waals surface area (Å²) in [5, 5.41) is 8.79. The van der Waals surface area contributed by atoms with Crippen LogP contribution in [0.15, 0.2) is 29.4 Å². The number of nitrogens with two attached hydrogens (primary N) is 1. The fraction of sp³-hybridized carbons (Fsp3) is 0.231. The molecule has 0 aliphatic heterocycles. The lowest BCUT2D eigenvalue weighted by Crippen LogP contribution is -2.39. The molecule has 21 heavy (non-hydrogen) atoms. The summed E-state index contributed by atoms with van der Waals surface area (Å²) in [6.45, 7) is 3.65. The lowest BCUT2D eigenvalue weighted by Gasteiger charge is -2.06. The van der Waals surface area contributed by atoms with Crippen LogP contribution in [0.4, 0.5) is 4.79 Å². The molecule has 1 heterocycles. The molecule has 0 aliphatic carbocycles. The van der Waals surface area contributed by atoms with Gasteiger partial charge in [-0.1, -0.05) is 41.6 Å². The number of hydrogen-bond acceptors (Lipinski definition) is 5. The first-order valence-electron chi connectivity index (χ1n) is 6.22. The van der Waals surface area contributed by atoms with Gasteiger partial charge in [-0.15, -0.1) is 5.10 Å². The number of aromatic amines is 1. The third-order valence-electron chi connectivity index (χ3n) is 2.69. The second-order valence-electron chi connectivity index (χ2n) is 4.45. The van der Waals surface area contributed by atoms with Crippen molar-refractivity contribution in [3.63, 3.8) is 0 Å². The van der Waals surface area contributed by atoms with E-state index in [1.807, 2.05) is 36.5 Å². The van der Waals surface area contributed by atoms with E-state index < -0.39 is 17.2 Å². The Labute approximate surface area is 125 Å². The Morgan fingerprint density at radius 2 is 2.00 bits per heavy atom. The number of carbonyl (C=O) groups excluding carboxylic acids is 2. The molecule has 1 aromatic carbocycles. The quantitative estimate of drug-likeness (QED) is 0.740. The van der Waals surface area contributed by atoms with E-state index in [4.69, 9.17) is 5.73 Å². The molecule has 8 heteroatoms. The number of primary amides is 1. The Hall–Kier alpha value is -2.35. The van der Waals surface area contributed by atoms with Crippen molar-refractivity contribution in [2.45, 2.75) is 24.3 Å². The predicted molar refractivity (Wildman–Crippen MR) is 79.6 cm³/mol. The summed E-state index contributed by atoms with van der Waals surface area (Å²) in [5.41, 5.74) is 6.97. The van der Waals surface area contributed by atoms with Crippen molar-refractivity contribution in [2.24, 2.45) is 5.73 Å². The first kappa shape index (κ1) is 15.0. The number of imide groups is 1. The smallest absolute Gasteiger partial charge is 0.318 e. The van der Waals surface area contributed by atoms with Crippen LogP contribution < -0.4 is 11.1 Å². The predicted octanol–water partition coefficient (Wildman–Crippen LogP) is 1.46. The Morgan fingerprint density at radius 1 is 1.33 bits per heavy atom. The van der Waals surface area contributed by atoms with Gasteiger partial charge in [0.25, 0.3) is 0 Å². The van der Waals surface area contributed by atoms with Crippen LogP contribution in [0.2, 0.25) is 0 Å². The zero-order valence-electron chi connectivity index (χ0n) is 11.6. The first-order chi connectivity index (χ1) is 9.95. The molecule has 1 aromatic heterocycles. The van der Waals surface area contributed by atoms with Crippen molar-refractivity contribution < 1.29 is 9.59 Å². The van der Waals surface area contributed by atoms with Crippen LogP contribution in [0, 0.1) is 6.92 Å². The molecule has 0 spiro atoms. The molecule has 0 bridgehead atoms. The maximum absolute atomic E-state index is 11.6. The van der Waals surface area contributed by atoms with Gasteiger partial charge in [0.05, 0.1) is 5.25 Å². The second kappa shape index (κ2) is 6.40. The van der Waals surface area contributed by atoms with Gasteiger partial charge >= 0.3 is 6.03 Å². The number of H-pyrrole nitrogens is 1. The molecular weight excluding hydrogens is 290 g/mol. The minimum absolute atomic E-state index is 0.428. The summed E-state index contributed by atoms with van der Waals surface area (Å²) in [6, 6.07) is 6.96. The van der Waals surface area contributed by atoms with Gasteiger partial charge in [-0.2, -0.15) is 0 Å². The van der Waals surface area contributed by atoms with Crippen LogP contribution >= 0.6 is 11.8 Å². The summed E-state index contributed by atoms with van der Waals surface area (Å²) in [7, 11) is 0. The molecule has 7 nitrogen and oxygen atoms in total. The molecule has 110 valence electrons. The van der Waals surface area contributed by atoms with E-state index in [0.29, 0.717) is 11.0 Å². The Bertz CT molecular complexity index is 653. The molecule has 0 aliphatic rings. The van der Waals surface area contributed by atoms with Gasteiger partial charge in [-0.25, -0.2) is 9.78 Å². The highest BCUT2D eigenvalue weighted by molar-refractivity contribution is 8.00. The van der Waals surface area contributed by atoms with Crippen molar-refractivity contribution >= 4 is 23.7 Å². The molecular formula is C13H15N5O2S. The largest absolute Gasteiger partial charge is 0.351 e. The third-order valence-corrected chi connectivity index (χ3v) is 3.65. The Morgan fingerprint density at radius 3 is 2.62 bits per heavy atom. The number of rotatable bonds is 4. The molecule has 0 radical (unpaired) electrons. The van der Waals surface area contributed by atoms with Crippen LogP contribution in [0.1, 0.15) is 12.5 Å². The van der Waals surface area contributed by atoms with Crippen molar-refractivity contribution in [2.75, 3.05) is 0 Å². The van der Waals surface area contributed by atoms with E-state index in [2.05, 4.69) is 15.2 Å². The highest BCUT2D eigenvalue weighted by Crippen LogP contribution is 2.22. The summed E-state index contributed by atoms with van der Waals surface area (Å²) >= 11 is 1.14. The van der Waals surface area contributed by atoms with Gasteiger partial charge in [0, 0.05) is 5.56 Å². The topological polar surface area (TPSA) is 114 Å². The highest BCUT2D eigenvalue weighted by atomic mass is 32.2. The number of urea groups is 1. The SMILES string of the molecule is Cc1ccc(-c2nc(S[C@@H](C)C(=O)NC(N)=O)n[nH]2)cc1. The lowest BCUT2D eigenvalue weighted by atomic mass is 10.1. The van der Waals surface area contributed by atoms with Gasteiger partial charge in [0.15, 0.2) is 5.82 Å². The van der Waals surface area contributed by atoms with Gasteiger partial charge in [0.2, 0.25) is 11.1 Å². The van der Waals surface area contributed by atoms with Crippen LogP contribution in [0.5, 0.6) is 0 Å². The molecule has 0 saturated carbocycles. The number of thioether (sulfide) groups is 1. The number of carbonyl (C=O) groups is 2. The van der Waals surface area contributed by atoms with Gasteiger partial charge < -0.3 is 5.73 Å². The number of nitrogens with one attached hydrogen (secondary N) is 2. The van der Waals surface area contributed by atoms with Crippen LogP contribution in [-0.2, 0) is 4.79 Å². The average Bonchev–Trinajstić information content (AvgIpc) is 2.87. The Kier molecular flexibility index (Phi) is 4.59. The van der Waals surface area contributed by atoms with E-state index in [9.17, 15) is 9.59 Å². The van der Waals surface area contributed by atoms with Gasteiger partial charge in [-0.3, -0.25) is 15.2 Å². The van der Waals surface area contributed by atoms with Gasteiger partial charge in [-0.05, 0) is 13.8 Å². The zero-order valence-corrected chi connectivity index (χ0v) is 12.4. The van der Waals surface area contributed by atoms with Crippen molar-refractivity contribution in [1.82, 2.24) is 20.5 Å². The summed E-state index contributed by atoms with van der Waals surface area (Å²) in [4.78, 5) is 26.5. The number of aryl methyl sites for hydroxylation is 1. The standard InChI is InChI=1S/C13H15N5O2S/c1-7-3-5-9(6-4-7)10-15-13(18-17-10)21-8(2)11(19)16-12(14)20/h3-6,8H,1-2H3,(H,15,17,18)(H3,14,16,19,20)/t8-/m0/s1. The lowest BCUT2D eigenvalue weighted by molar-refractivity contribution is -0.119. The summed E-state index contributed by atoms with van der Waals surface area (Å²) in [6.07, 6.45) is 0. The van der Waals surface area contributed by atoms with Gasteiger partial charge in [0.1, 0.15) is 0 Å². The van der Waals surface area contributed by atoms with E-state index in [0.717, 1.165) is 22.9 Å². The van der Waals surface area contributed by atoms with E-state index in [1.54, 1.807) is 6.92 Å². The number of hydrogen-bond donors (Lipinski definition) is 3. The minimum atomic E-state index is -0.872. The fourth-order valence-electron chi connectivity index (χ4n) is 1.57. The molecule has 2 rings (SSSR count). The highest BCUT2D eigenvalue weighted by Gasteiger charge is 2.18. The maximum atomic E-state index is 11.6. The molecule has 0 unspecified atom stereocenters. The summed E-state index contributed by atoms with van der Waals surface area (Å²) < 4.78 is 0. The minimum Gasteiger partial charge on any atom is -0.351 e. The van der Waals surface area contributed by atoms with Crippen LogP contribution in [0.25, 0.3) is 11.4 Å². The van der Waals surface area contributed by atoms with E-state index in [1.165, 1.54) is 0 Å². The molecule has 0 saturated heterocycles. The van der Waals surface area contributed by atoms with E-state index in [-0.39, 0.29) is 0 Å². The molecule has 0 fully saturated rings. The number of nitrogens with zero attached hydrogens (tertiary/aromatic N) is 2. The molecule has 3 amide bonds. The number of benzene rings is 1. The molecule has 2 aromatic rings. The van der Waals surface area contributed by atoms with E-state index >= 15 is 0 Å². The first-order valence-corrected chi connectivity index (χ1v) is 7.10. The van der Waals surface area contributed by atoms with Crippen molar-refractivity contribution in [3.8, 4) is 11.4 Å². The second-order valence-corrected chi connectivity index (χ2v) is 5.75. The molecule has 1 atom stereocenters. The number of aromatic nitrogens is 3. The maximum Gasteiger partial charge on any atom is 0.318 e.